The third kappa shape index (κ3) is 3.54. The van der Waals surface area contributed by atoms with E-state index < -0.39 is 0 Å². The number of benzene rings is 1. The van der Waals surface area contributed by atoms with Gasteiger partial charge in [-0.05, 0) is 49.6 Å². The van der Waals surface area contributed by atoms with Gasteiger partial charge in [0.2, 0.25) is 0 Å². The summed E-state index contributed by atoms with van der Waals surface area (Å²) in [6.45, 7) is 4.22. The van der Waals surface area contributed by atoms with E-state index in [-0.39, 0.29) is 24.0 Å². The summed E-state index contributed by atoms with van der Waals surface area (Å²) in [5.74, 6) is 2.10. The fourth-order valence-corrected chi connectivity index (χ4v) is 4.58. The number of likely N-dealkylation sites (tertiary alicyclic amines) is 1. The third-order valence-electron chi connectivity index (χ3n) is 6.04. The molecule has 0 spiro atoms. The van der Waals surface area contributed by atoms with Crippen molar-refractivity contribution in [2.24, 2.45) is 5.92 Å². The Bertz CT molecular complexity index is 1130. The summed E-state index contributed by atoms with van der Waals surface area (Å²) in [5.41, 5.74) is 2.25. The number of carbonyl (C=O) groups excluding carboxylic acids is 1. The summed E-state index contributed by atoms with van der Waals surface area (Å²) in [4.78, 5) is 27.1. The predicted molar refractivity (Wildman–Crippen MR) is 112 cm³/mol. The fourth-order valence-electron chi connectivity index (χ4n) is 4.58. The zero-order valence-corrected chi connectivity index (χ0v) is 16.9. The van der Waals surface area contributed by atoms with Gasteiger partial charge < -0.3 is 18.6 Å². The Morgan fingerprint density at radius 2 is 1.90 bits per heavy atom. The summed E-state index contributed by atoms with van der Waals surface area (Å²) in [6, 6.07) is 16.8. The quantitative estimate of drug-likeness (QED) is 0.667. The van der Waals surface area contributed by atoms with Crippen LogP contribution in [0.15, 0.2) is 63.8 Å². The van der Waals surface area contributed by atoms with E-state index in [4.69, 9.17) is 9.15 Å². The van der Waals surface area contributed by atoms with E-state index >= 15 is 0 Å². The number of aromatic nitrogens is 1. The first-order valence-electron chi connectivity index (χ1n) is 10.3. The molecule has 0 saturated carbocycles. The first-order chi connectivity index (χ1) is 14.6. The normalized spacial score (nSPS) is 20.0. The van der Waals surface area contributed by atoms with Crippen LogP contribution in [0.4, 0.5) is 0 Å². The van der Waals surface area contributed by atoms with Gasteiger partial charge in [-0.15, -0.1) is 0 Å². The van der Waals surface area contributed by atoms with Crippen molar-refractivity contribution in [3.05, 3.63) is 87.7 Å². The van der Waals surface area contributed by atoms with Crippen molar-refractivity contribution < 1.29 is 13.9 Å². The van der Waals surface area contributed by atoms with Gasteiger partial charge in [-0.3, -0.25) is 9.59 Å². The predicted octanol–water partition coefficient (Wildman–Crippen LogP) is 3.59. The van der Waals surface area contributed by atoms with Crippen molar-refractivity contribution >= 4 is 5.91 Å². The van der Waals surface area contributed by atoms with Crippen LogP contribution in [-0.4, -0.2) is 28.5 Å². The Morgan fingerprint density at radius 1 is 1.07 bits per heavy atom. The molecule has 6 nitrogen and oxygen atoms in total. The lowest BCUT2D eigenvalue weighted by molar-refractivity contribution is 0.0560. The van der Waals surface area contributed by atoms with Crippen LogP contribution < -0.4 is 10.3 Å². The number of pyridine rings is 1. The minimum Gasteiger partial charge on any atom is -0.486 e. The topological polar surface area (TPSA) is 64.7 Å². The van der Waals surface area contributed by atoms with E-state index in [1.165, 1.54) is 5.56 Å². The second kappa shape index (κ2) is 7.52. The number of furan rings is 1. The van der Waals surface area contributed by atoms with Gasteiger partial charge in [-0.25, -0.2) is 0 Å². The molecule has 2 atom stereocenters. The van der Waals surface area contributed by atoms with Crippen molar-refractivity contribution in [1.82, 2.24) is 9.47 Å². The second-order valence-electron chi connectivity index (χ2n) is 8.28. The molecular formula is C24H24N2O4. The minimum absolute atomic E-state index is 0.0474. The highest BCUT2D eigenvalue weighted by Crippen LogP contribution is 2.35. The number of piperidine rings is 1. The molecule has 0 N–H and O–H groups in total. The molecule has 154 valence electrons. The molecule has 0 aliphatic carbocycles. The lowest BCUT2D eigenvalue weighted by Crippen LogP contribution is -2.49. The van der Waals surface area contributed by atoms with Crippen LogP contribution in [0.1, 0.15) is 39.9 Å². The molecule has 4 heterocycles. The van der Waals surface area contributed by atoms with Crippen LogP contribution in [0.3, 0.4) is 0 Å². The zero-order valence-electron chi connectivity index (χ0n) is 16.9. The van der Waals surface area contributed by atoms with Crippen molar-refractivity contribution in [3.8, 4) is 5.75 Å². The molecule has 2 bridgehead atoms. The maximum Gasteiger partial charge on any atom is 0.289 e. The molecule has 1 saturated heterocycles. The molecule has 30 heavy (non-hydrogen) atoms. The van der Waals surface area contributed by atoms with Gasteiger partial charge in [0.05, 0.1) is 0 Å². The Labute approximate surface area is 174 Å². The van der Waals surface area contributed by atoms with Crippen LogP contribution in [0.2, 0.25) is 0 Å². The van der Waals surface area contributed by atoms with E-state index in [1.807, 2.05) is 52.8 Å². The van der Waals surface area contributed by atoms with Gasteiger partial charge >= 0.3 is 0 Å². The minimum atomic E-state index is -0.0991. The number of amides is 1. The van der Waals surface area contributed by atoms with Gasteiger partial charge in [0.15, 0.2) is 5.76 Å². The average Bonchev–Trinajstić information content (AvgIpc) is 3.22. The highest BCUT2D eigenvalue weighted by Gasteiger charge is 2.37. The summed E-state index contributed by atoms with van der Waals surface area (Å²) in [6.07, 6.45) is 1.01. The highest BCUT2D eigenvalue weighted by atomic mass is 16.5. The van der Waals surface area contributed by atoms with Gasteiger partial charge in [-0.2, -0.15) is 0 Å². The van der Waals surface area contributed by atoms with E-state index in [0.29, 0.717) is 37.1 Å². The van der Waals surface area contributed by atoms with E-state index in [1.54, 1.807) is 18.2 Å². The van der Waals surface area contributed by atoms with Crippen LogP contribution in [0, 0.1) is 12.8 Å². The molecule has 1 amide bonds. The van der Waals surface area contributed by atoms with E-state index in [0.717, 1.165) is 17.9 Å². The number of rotatable bonds is 4. The zero-order chi connectivity index (χ0) is 20.7. The molecule has 2 aliphatic rings. The number of hydrogen-bond donors (Lipinski definition) is 0. The molecular weight excluding hydrogens is 380 g/mol. The Hall–Kier alpha value is -3.28. The van der Waals surface area contributed by atoms with Crippen molar-refractivity contribution in [2.45, 2.75) is 32.4 Å². The molecule has 1 aromatic carbocycles. The maximum atomic E-state index is 13.1. The van der Waals surface area contributed by atoms with Crippen molar-refractivity contribution in [2.75, 3.05) is 13.1 Å². The molecule has 3 aromatic rings. The molecule has 2 aliphatic heterocycles. The fraction of sp³-hybridized carbons (Fsp3) is 0.333. The lowest BCUT2D eigenvalue weighted by Gasteiger charge is -2.42. The summed E-state index contributed by atoms with van der Waals surface area (Å²) in [5, 5.41) is 0. The van der Waals surface area contributed by atoms with Crippen LogP contribution >= 0.6 is 0 Å². The monoisotopic (exact) mass is 404 g/mol. The second-order valence-corrected chi connectivity index (χ2v) is 8.28. The molecule has 2 unspecified atom stereocenters. The number of hydrogen-bond acceptors (Lipinski definition) is 4. The first kappa shape index (κ1) is 18.7. The highest BCUT2D eigenvalue weighted by molar-refractivity contribution is 5.91. The van der Waals surface area contributed by atoms with Gasteiger partial charge in [-0.1, -0.05) is 23.8 Å². The lowest BCUT2D eigenvalue weighted by atomic mass is 9.83. The number of nitrogens with zero attached hydrogens (tertiary/aromatic N) is 2. The van der Waals surface area contributed by atoms with Crippen LogP contribution in [0.5, 0.6) is 5.75 Å². The van der Waals surface area contributed by atoms with Crippen molar-refractivity contribution in [1.29, 1.82) is 0 Å². The number of aryl methyl sites for hydroxylation is 1. The van der Waals surface area contributed by atoms with Gasteiger partial charge in [0.25, 0.3) is 11.5 Å². The molecule has 0 radical (unpaired) electrons. The summed E-state index contributed by atoms with van der Waals surface area (Å²) in [7, 11) is 0. The Balaban J connectivity index is 1.27. The first-order valence-corrected chi connectivity index (χ1v) is 10.3. The average molecular weight is 404 g/mol. The number of carbonyl (C=O) groups is 1. The SMILES string of the molecule is Cc1ccc(OCc2ccc(C(=O)N3CC4CC(C3)c3cccc(=O)n3C4)o2)cc1. The van der Waals surface area contributed by atoms with Crippen LogP contribution in [-0.2, 0) is 13.2 Å². The van der Waals surface area contributed by atoms with Crippen LogP contribution in [0.25, 0.3) is 0 Å². The van der Waals surface area contributed by atoms with Gasteiger partial charge in [0.1, 0.15) is 18.1 Å². The van der Waals surface area contributed by atoms with Gasteiger partial charge in [0, 0.05) is 37.3 Å². The van der Waals surface area contributed by atoms with E-state index in [9.17, 15) is 9.59 Å². The Kier molecular flexibility index (Phi) is 4.69. The third-order valence-corrected chi connectivity index (χ3v) is 6.04. The Morgan fingerprint density at radius 3 is 2.73 bits per heavy atom. The van der Waals surface area contributed by atoms with E-state index in [2.05, 4.69) is 0 Å². The summed E-state index contributed by atoms with van der Waals surface area (Å²) < 4.78 is 13.4. The molecule has 2 aromatic heterocycles. The summed E-state index contributed by atoms with van der Waals surface area (Å²) >= 11 is 0. The molecule has 5 rings (SSSR count). The maximum absolute atomic E-state index is 13.1. The smallest absolute Gasteiger partial charge is 0.289 e. The largest absolute Gasteiger partial charge is 0.486 e. The number of fused-ring (bicyclic) bond motifs is 4. The molecule has 1 fully saturated rings. The van der Waals surface area contributed by atoms with Crippen molar-refractivity contribution in [3.63, 3.8) is 0 Å². The number of ether oxygens (including phenoxy) is 1. The molecule has 6 heteroatoms. The standard InChI is InChI=1S/C24H24N2O4/c1-16-5-7-19(8-6-16)29-15-20-9-10-22(30-20)24(28)25-12-17-11-18(14-25)21-3-2-4-23(27)26(21)13-17/h2-10,17-18H,11-15H2,1H3.